The van der Waals surface area contributed by atoms with Crippen LogP contribution in [0, 0.1) is 18.3 Å². The zero-order valence-corrected chi connectivity index (χ0v) is 23.4. The van der Waals surface area contributed by atoms with E-state index in [1.54, 1.807) is 52.8 Å². The van der Waals surface area contributed by atoms with Crippen molar-refractivity contribution in [1.82, 2.24) is 0 Å². The third-order valence-electron chi connectivity index (χ3n) is 5.13. The van der Waals surface area contributed by atoms with Crippen LogP contribution in [0.3, 0.4) is 0 Å². The Hall–Kier alpha value is -4.17. The molecule has 0 unspecified atom stereocenters. The van der Waals surface area contributed by atoms with Crippen molar-refractivity contribution in [3.8, 4) is 17.6 Å². The molecule has 0 fully saturated rings. The lowest BCUT2D eigenvalue weighted by Gasteiger charge is -2.12. The summed E-state index contributed by atoms with van der Waals surface area (Å²) in [4.78, 5) is 50.3. The molecule has 0 bridgehead atoms. The Balaban J connectivity index is 2.37. The van der Waals surface area contributed by atoms with Crippen LogP contribution in [0.2, 0.25) is 0 Å². The number of carbonyl (C=O) groups is 4. The molecule has 0 saturated heterocycles. The Bertz CT molecular complexity index is 1290. The molecule has 0 aliphatic heterocycles. The van der Waals surface area contributed by atoms with Gasteiger partial charge in [0.2, 0.25) is 0 Å². The van der Waals surface area contributed by atoms with Gasteiger partial charge in [-0.2, -0.15) is 5.26 Å². The minimum Gasteiger partial charge on any atom is -0.490 e. The minimum atomic E-state index is -0.660. The molecule has 0 atom stereocenters. The summed E-state index contributed by atoms with van der Waals surface area (Å²) >= 11 is 0.966. The zero-order valence-electron chi connectivity index (χ0n) is 22.6. The maximum atomic E-state index is 13.2. The number of ketones is 1. The molecule has 2 rings (SSSR count). The normalized spacial score (nSPS) is 10.8. The number of benzene rings is 1. The van der Waals surface area contributed by atoms with E-state index in [0.717, 1.165) is 11.3 Å². The highest BCUT2D eigenvalue weighted by Crippen LogP contribution is 2.32. The van der Waals surface area contributed by atoms with Crippen LogP contribution < -0.4 is 9.47 Å². The average molecular weight is 558 g/mol. The van der Waals surface area contributed by atoms with E-state index in [0.29, 0.717) is 34.1 Å². The number of Topliss-reactive ketones (excluding diaryl/α,β-unsaturated/α-hetero) is 1. The molecule has 0 N–H and O–H groups in total. The van der Waals surface area contributed by atoms with Gasteiger partial charge in [0.25, 0.3) is 0 Å². The fourth-order valence-corrected chi connectivity index (χ4v) is 4.67. The highest BCUT2D eigenvalue weighted by atomic mass is 32.1. The summed E-state index contributed by atoms with van der Waals surface area (Å²) in [5.41, 5.74) is 0.794. The van der Waals surface area contributed by atoms with Gasteiger partial charge in [-0.1, -0.05) is 6.07 Å². The lowest BCUT2D eigenvalue weighted by Crippen LogP contribution is -2.15. The Labute approximate surface area is 231 Å². The summed E-state index contributed by atoms with van der Waals surface area (Å²) in [6.07, 6.45) is 1.09. The Kier molecular flexibility index (Phi) is 12.2. The van der Waals surface area contributed by atoms with Crippen LogP contribution in [0.25, 0.3) is 6.08 Å². The Morgan fingerprint density at radius 1 is 0.897 bits per heavy atom. The number of esters is 3. The topological polar surface area (TPSA) is 138 Å². The number of hydrogen-bond donors (Lipinski definition) is 0. The van der Waals surface area contributed by atoms with Crippen LogP contribution in [0.4, 0.5) is 0 Å². The van der Waals surface area contributed by atoms with Crippen molar-refractivity contribution < 1.29 is 42.9 Å². The number of nitriles is 1. The first-order valence-corrected chi connectivity index (χ1v) is 13.2. The van der Waals surface area contributed by atoms with Crippen LogP contribution in [-0.4, -0.2) is 56.7 Å². The summed E-state index contributed by atoms with van der Waals surface area (Å²) in [6.45, 7) is 8.86. The van der Waals surface area contributed by atoms with Crippen LogP contribution in [0.5, 0.6) is 11.5 Å². The number of hydrogen-bond acceptors (Lipinski definition) is 11. The van der Waals surface area contributed by atoms with E-state index in [1.807, 2.05) is 6.07 Å². The fraction of sp³-hybridized carbons (Fsp3) is 0.393. The Morgan fingerprint density at radius 2 is 1.56 bits per heavy atom. The quantitative estimate of drug-likeness (QED) is 0.141. The summed E-state index contributed by atoms with van der Waals surface area (Å²) in [6, 6.07) is 6.64. The molecule has 0 aliphatic carbocycles. The van der Waals surface area contributed by atoms with Gasteiger partial charge in [0.05, 0.1) is 37.6 Å². The number of nitrogens with zero attached hydrogens (tertiary/aromatic N) is 1. The molecular formula is C28H31NO9S. The molecule has 0 radical (unpaired) electrons. The van der Waals surface area contributed by atoms with Crippen molar-refractivity contribution in [3.05, 3.63) is 50.2 Å². The molecule has 0 saturated carbocycles. The predicted octanol–water partition coefficient (Wildman–Crippen LogP) is 4.47. The van der Waals surface area contributed by atoms with Gasteiger partial charge >= 0.3 is 17.9 Å². The summed E-state index contributed by atoms with van der Waals surface area (Å²) in [7, 11) is 0. The van der Waals surface area contributed by atoms with Crippen molar-refractivity contribution in [2.24, 2.45) is 0 Å². The van der Waals surface area contributed by atoms with E-state index in [9.17, 15) is 24.4 Å². The Morgan fingerprint density at radius 3 is 2.18 bits per heavy atom. The lowest BCUT2D eigenvalue weighted by molar-refractivity contribution is -0.145. The SMILES string of the molecule is CCOC(=O)COc1ccc(/C=C(\C#N)C(=O)Cc2sc(C(=O)OCC)c(C)c2C(=O)OCC)cc1OCC. The molecule has 2 aromatic rings. The summed E-state index contributed by atoms with van der Waals surface area (Å²) in [5, 5.41) is 9.73. The van der Waals surface area contributed by atoms with Gasteiger partial charge in [0.1, 0.15) is 10.9 Å². The number of carbonyl (C=O) groups excluding carboxylic acids is 4. The van der Waals surface area contributed by atoms with Gasteiger partial charge in [-0.05, 0) is 64.0 Å². The van der Waals surface area contributed by atoms with E-state index >= 15 is 0 Å². The second-order valence-corrected chi connectivity index (χ2v) is 8.90. The number of allylic oxidation sites excluding steroid dienone is 1. The number of rotatable bonds is 14. The second kappa shape index (κ2) is 15.3. The summed E-state index contributed by atoms with van der Waals surface area (Å²) in [5.74, 6) is -1.73. The first-order valence-electron chi connectivity index (χ1n) is 12.4. The van der Waals surface area contributed by atoms with Crippen molar-refractivity contribution in [2.45, 2.75) is 41.0 Å². The molecule has 0 aliphatic rings. The molecule has 208 valence electrons. The van der Waals surface area contributed by atoms with Crippen LogP contribution in [0.15, 0.2) is 23.8 Å². The smallest absolute Gasteiger partial charge is 0.348 e. The molecular weight excluding hydrogens is 526 g/mol. The molecule has 1 heterocycles. The van der Waals surface area contributed by atoms with Gasteiger partial charge in [0.15, 0.2) is 23.9 Å². The van der Waals surface area contributed by atoms with Crippen LogP contribution in [-0.2, 0) is 30.2 Å². The largest absolute Gasteiger partial charge is 0.490 e. The molecule has 1 aromatic carbocycles. The molecule has 11 heteroatoms. The average Bonchev–Trinajstić information content (AvgIpc) is 3.22. The van der Waals surface area contributed by atoms with E-state index in [1.165, 1.54) is 6.08 Å². The second-order valence-electron chi connectivity index (χ2n) is 7.80. The van der Waals surface area contributed by atoms with Crippen molar-refractivity contribution in [2.75, 3.05) is 33.0 Å². The maximum Gasteiger partial charge on any atom is 0.348 e. The fourth-order valence-electron chi connectivity index (χ4n) is 3.48. The van der Waals surface area contributed by atoms with Crippen LogP contribution in [0.1, 0.15) is 63.7 Å². The maximum absolute atomic E-state index is 13.2. The van der Waals surface area contributed by atoms with Gasteiger partial charge in [-0.3, -0.25) is 4.79 Å². The van der Waals surface area contributed by atoms with E-state index in [2.05, 4.69) is 0 Å². The van der Waals surface area contributed by atoms with Gasteiger partial charge in [-0.25, -0.2) is 14.4 Å². The monoisotopic (exact) mass is 557 g/mol. The van der Waals surface area contributed by atoms with E-state index in [-0.39, 0.29) is 48.9 Å². The lowest BCUT2D eigenvalue weighted by atomic mass is 10.0. The van der Waals surface area contributed by atoms with Gasteiger partial charge < -0.3 is 23.7 Å². The molecule has 1 aromatic heterocycles. The minimum absolute atomic E-state index is 0.112. The first kappa shape index (κ1) is 31.1. The van der Waals surface area contributed by atoms with Gasteiger partial charge in [-0.15, -0.1) is 11.3 Å². The van der Waals surface area contributed by atoms with Crippen molar-refractivity contribution >= 4 is 41.1 Å². The molecule has 0 amide bonds. The zero-order chi connectivity index (χ0) is 28.9. The molecule has 39 heavy (non-hydrogen) atoms. The highest BCUT2D eigenvalue weighted by molar-refractivity contribution is 7.14. The van der Waals surface area contributed by atoms with Gasteiger partial charge in [0, 0.05) is 11.3 Å². The third kappa shape index (κ3) is 8.41. The highest BCUT2D eigenvalue weighted by Gasteiger charge is 2.28. The number of thiophene rings is 1. The van der Waals surface area contributed by atoms with E-state index in [4.69, 9.17) is 23.7 Å². The van der Waals surface area contributed by atoms with Crippen LogP contribution >= 0.6 is 11.3 Å². The number of ether oxygens (including phenoxy) is 5. The first-order chi connectivity index (χ1) is 18.7. The summed E-state index contributed by atoms with van der Waals surface area (Å²) < 4.78 is 26.2. The van der Waals surface area contributed by atoms with Crippen molar-refractivity contribution in [1.29, 1.82) is 5.26 Å². The molecule has 10 nitrogen and oxygen atoms in total. The van der Waals surface area contributed by atoms with Crippen molar-refractivity contribution in [3.63, 3.8) is 0 Å². The standard InChI is InChI=1S/C28H31NO9S/c1-6-34-22-13-18(10-11-21(22)38-16-24(31)35-7-2)12-19(15-29)20(30)14-23-25(27(32)36-8-3)17(5)26(39-23)28(33)37-9-4/h10-13H,6-9,14,16H2,1-5H3/b19-12+. The van der Waals surface area contributed by atoms with E-state index < -0.39 is 23.7 Å². The molecule has 0 spiro atoms. The predicted molar refractivity (Wildman–Crippen MR) is 143 cm³/mol. The third-order valence-corrected chi connectivity index (χ3v) is 6.40.